The first-order valence-corrected chi connectivity index (χ1v) is 9.01. The van der Waals surface area contributed by atoms with Crippen LogP contribution in [0.1, 0.15) is 104 Å². The number of rotatable bonds is 14. The zero-order valence-electron chi connectivity index (χ0n) is 13.9. The molecule has 0 saturated heterocycles. The van der Waals surface area contributed by atoms with Crippen LogP contribution >= 0.6 is 0 Å². The standard InChI is InChI=1S/C18H39N/c1-4-7-9-10-11-12-13-14-16-18(19)17(6-3)15-8-5-2/h17-18H,4-16,19H2,1-3H3. The minimum Gasteiger partial charge on any atom is -0.327 e. The molecule has 0 aromatic carbocycles. The molecule has 0 spiro atoms. The van der Waals surface area contributed by atoms with E-state index in [-0.39, 0.29) is 0 Å². The van der Waals surface area contributed by atoms with Crippen molar-refractivity contribution < 1.29 is 0 Å². The monoisotopic (exact) mass is 269 g/mol. The third kappa shape index (κ3) is 11.5. The van der Waals surface area contributed by atoms with E-state index in [1.807, 2.05) is 0 Å². The Morgan fingerprint density at radius 3 is 1.68 bits per heavy atom. The number of unbranched alkanes of at least 4 members (excludes halogenated alkanes) is 8. The molecule has 0 rings (SSSR count). The number of hydrogen-bond donors (Lipinski definition) is 1. The smallest absolute Gasteiger partial charge is 0.00670 e. The summed E-state index contributed by atoms with van der Waals surface area (Å²) in [4.78, 5) is 0. The topological polar surface area (TPSA) is 26.0 Å². The van der Waals surface area contributed by atoms with Gasteiger partial charge >= 0.3 is 0 Å². The zero-order valence-corrected chi connectivity index (χ0v) is 13.9. The third-order valence-corrected chi connectivity index (χ3v) is 4.45. The molecule has 2 N–H and O–H groups in total. The maximum absolute atomic E-state index is 6.35. The van der Waals surface area contributed by atoms with Crippen LogP contribution in [0.4, 0.5) is 0 Å². The zero-order chi connectivity index (χ0) is 14.3. The van der Waals surface area contributed by atoms with Gasteiger partial charge in [-0.25, -0.2) is 0 Å². The Morgan fingerprint density at radius 1 is 0.632 bits per heavy atom. The van der Waals surface area contributed by atoms with Gasteiger partial charge in [0.05, 0.1) is 0 Å². The molecule has 0 fully saturated rings. The van der Waals surface area contributed by atoms with Crippen molar-refractivity contribution in [2.45, 2.75) is 110 Å². The highest BCUT2D eigenvalue weighted by atomic mass is 14.6. The quantitative estimate of drug-likeness (QED) is 0.381. The van der Waals surface area contributed by atoms with Crippen molar-refractivity contribution in [2.24, 2.45) is 11.7 Å². The summed E-state index contributed by atoms with van der Waals surface area (Å²) in [5.41, 5.74) is 6.35. The number of nitrogens with two attached hydrogens (primary N) is 1. The Bertz CT molecular complexity index is 167. The average molecular weight is 270 g/mol. The molecule has 19 heavy (non-hydrogen) atoms. The normalized spacial score (nSPS) is 14.5. The van der Waals surface area contributed by atoms with Gasteiger partial charge in [0.2, 0.25) is 0 Å². The Hall–Kier alpha value is -0.0400. The van der Waals surface area contributed by atoms with Crippen molar-refractivity contribution in [1.82, 2.24) is 0 Å². The van der Waals surface area contributed by atoms with Crippen LogP contribution in [-0.4, -0.2) is 6.04 Å². The van der Waals surface area contributed by atoms with E-state index < -0.39 is 0 Å². The Labute approximate surface area is 122 Å². The van der Waals surface area contributed by atoms with Crippen LogP contribution in [-0.2, 0) is 0 Å². The molecule has 2 unspecified atom stereocenters. The van der Waals surface area contributed by atoms with Crippen molar-refractivity contribution in [3.8, 4) is 0 Å². The van der Waals surface area contributed by atoms with Crippen molar-refractivity contribution in [2.75, 3.05) is 0 Å². The average Bonchev–Trinajstić information content (AvgIpc) is 2.42. The van der Waals surface area contributed by atoms with Crippen LogP contribution in [0.2, 0.25) is 0 Å². The van der Waals surface area contributed by atoms with Crippen LogP contribution in [0.5, 0.6) is 0 Å². The van der Waals surface area contributed by atoms with E-state index >= 15 is 0 Å². The van der Waals surface area contributed by atoms with Crippen LogP contribution < -0.4 is 5.73 Å². The lowest BCUT2D eigenvalue weighted by Gasteiger charge is -2.22. The fourth-order valence-corrected chi connectivity index (χ4v) is 2.94. The number of hydrogen-bond acceptors (Lipinski definition) is 1. The Kier molecular flexibility index (Phi) is 14.3. The SMILES string of the molecule is CCCCCCCCCCC(N)C(CC)CCCC. The Morgan fingerprint density at radius 2 is 1.16 bits per heavy atom. The predicted octanol–water partition coefficient (Wildman–Crippen LogP) is 6.06. The molecular formula is C18H39N. The molecule has 0 bridgehead atoms. The second-order valence-electron chi connectivity index (χ2n) is 6.24. The lowest BCUT2D eigenvalue weighted by Crippen LogP contribution is -2.29. The molecule has 0 aliphatic carbocycles. The lowest BCUT2D eigenvalue weighted by atomic mass is 9.88. The molecule has 0 aliphatic rings. The van der Waals surface area contributed by atoms with Gasteiger partial charge in [0.25, 0.3) is 0 Å². The van der Waals surface area contributed by atoms with Crippen LogP contribution in [0.15, 0.2) is 0 Å². The molecular weight excluding hydrogens is 230 g/mol. The molecule has 0 aromatic rings. The summed E-state index contributed by atoms with van der Waals surface area (Å²) in [6.07, 6.45) is 17.7. The first-order chi connectivity index (χ1) is 9.26. The van der Waals surface area contributed by atoms with E-state index in [0.29, 0.717) is 6.04 Å². The van der Waals surface area contributed by atoms with Crippen LogP contribution in [0, 0.1) is 5.92 Å². The molecule has 1 nitrogen and oxygen atoms in total. The van der Waals surface area contributed by atoms with Gasteiger partial charge in [-0.3, -0.25) is 0 Å². The van der Waals surface area contributed by atoms with Gasteiger partial charge in [-0.05, 0) is 18.8 Å². The summed E-state index contributed by atoms with van der Waals surface area (Å²) in [5.74, 6) is 0.768. The van der Waals surface area contributed by atoms with Gasteiger partial charge in [-0.15, -0.1) is 0 Å². The van der Waals surface area contributed by atoms with Crippen LogP contribution in [0.25, 0.3) is 0 Å². The van der Waals surface area contributed by atoms with Crippen molar-refractivity contribution >= 4 is 0 Å². The molecule has 1 heteroatoms. The van der Waals surface area contributed by atoms with Crippen LogP contribution in [0.3, 0.4) is 0 Å². The van der Waals surface area contributed by atoms with Gasteiger partial charge < -0.3 is 5.73 Å². The van der Waals surface area contributed by atoms with Gasteiger partial charge in [0.1, 0.15) is 0 Å². The molecule has 0 heterocycles. The van der Waals surface area contributed by atoms with Gasteiger partial charge in [-0.2, -0.15) is 0 Å². The molecule has 0 aliphatic heterocycles. The molecule has 0 saturated carbocycles. The van der Waals surface area contributed by atoms with E-state index in [0.717, 1.165) is 5.92 Å². The van der Waals surface area contributed by atoms with E-state index in [1.165, 1.54) is 83.5 Å². The van der Waals surface area contributed by atoms with E-state index in [1.54, 1.807) is 0 Å². The molecule has 0 aromatic heterocycles. The molecule has 2 atom stereocenters. The van der Waals surface area contributed by atoms with Crippen molar-refractivity contribution in [1.29, 1.82) is 0 Å². The van der Waals surface area contributed by atoms with Gasteiger partial charge in [0, 0.05) is 6.04 Å². The fourth-order valence-electron chi connectivity index (χ4n) is 2.94. The van der Waals surface area contributed by atoms with E-state index in [4.69, 9.17) is 5.73 Å². The third-order valence-electron chi connectivity index (χ3n) is 4.45. The van der Waals surface area contributed by atoms with Gasteiger partial charge in [-0.1, -0.05) is 91.4 Å². The summed E-state index contributed by atoms with van der Waals surface area (Å²) < 4.78 is 0. The predicted molar refractivity (Wildman–Crippen MR) is 88.5 cm³/mol. The first kappa shape index (κ1) is 19.0. The van der Waals surface area contributed by atoms with Crippen molar-refractivity contribution in [3.63, 3.8) is 0 Å². The minimum absolute atomic E-state index is 0.455. The summed E-state index contributed by atoms with van der Waals surface area (Å²) in [5, 5.41) is 0. The summed E-state index contributed by atoms with van der Waals surface area (Å²) >= 11 is 0. The highest BCUT2D eigenvalue weighted by Crippen LogP contribution is 2.20. The second kappa shape index (κ2) is 14.4. The largest absolute Gasteiger partial charge is 0.327 e. The summed E-state index contributed by atoms with van der Waals surface area (Å²) in [6.45, 7) is 6.86. The molecule has 0 amide bonds. The van der Waals surface area contributed by atoms with Crippen molar-refractivity contribution in [3.05, 3.63) is 0 Å². The molecule has 116 valence electrons. The van der Waals surface area contributed by atoms with E-state index in [2.05, 4.69) is 20.8 Å². The maximum Gasteiger partial charge on any atom is 0.00670 e. The molecule has 0 radical (unpaired) electrons. The first-order valence-electron chi connectivity index (χ1n) is 9.01. The lowest BCUT2D eigenvalue weighted by molar-refractivity contribution is 0.346. The highest BCUT2D eigenvalue weighted by molar-refractivity contribution is 4.72. The van der Waals surface area contributed by atoms with Gasteiger partial charge in [0.15, 0.2) is 0 Å². The fraction of sp³-hybridized carbons (Fsp3) is 1.00. The highest BCUT2D eigenvalue weighted by Gasteiger charge is 2.14. The maximum atomic E-state index is 6.35. The summed E-state index contributed by atoms with van der Waals surface area (Å²) in [7, 11) is 0. The Balaban J connectivity index is 3.42. The van der Waals surface area contributed by atoms with E-state index in [9.17, 15) is 0 Å². The minimum atomic E-state index is 0.455. The second-order valence-corrected chi connectivity index (χ2v) is 6.24. The summed E-state index contributed by atoms with van der Waals surface area (Å²) in [6, 6.07) is 0.455.